The summed E-state index contributed by atoms with van der Waals surface area (Å²) in [6.45, 7) is 9.38. The number of sulfonamides is 1. The fourth-order valence-electron chi connectivity index (χ4n) is 5.49. The zero-order valence-electron chi connectivity index (χ0n) is 28.7. The maximum Gasteiger partial charge on any atom is 0.321 e. The molecule has 0 spiro atoms. The van der Waals surface area contributed by atoms with Crippen LogP contribution in [0.4, 0.5) is 20.6 Å². The average Bonchev–Trinajstić information content (AvgIpc) is 3.38. The summed E-state index contributed by atoms with van der Waals surface area (Å²) in [6.07, 6.45) is 1.41. The van der Waals surface area contributed by atoms with Gasteiger partial charge in [-0.05, 0) is 89.4 Å². The number of hydrogen-bond donors (Lipinski definition) is 3. The molecule has 0 saturated heterocycles. The average molecular weight is 704 g/mol. The molecule has 13 nitrogen and oxygen atoms in total. The predicted molar refractivity (Wildman–Crippen MR) is 182 cm³/mol. The van der Waals surface area contributed by atoms with Crippen molar-refractivity contribution in [3.05, 3.63) is 65.3 Å². The van der Waals surface area contributed by atoms with Crippen LogP contribution >= 0.6 is 0 Å². The third kappa shape index (κ3) is 9.70. The first kappa shape index (κ1) is 37.6. The highest BCUT2D eigenvalue weighted by molar-refractivity contribution is 7.92. The molecule has 49 heavy (non-hydrogen) atoms. The van der Waals surface area contributed by atoms with Gasteiger partial charge in [0, 0.05) is 38.3 Å². The van der Waals surface area contributed by atoms with Gasteiger partial charge in [0.05, 0.1) is 35.3 Å². The first-order valence-electron chi connectivity index (χ1n) is 16.3. The second-order valence-corrected chi connectivity index (χ2v) is 14.3. The van der Waals surface area contributed by atoms with Crippen LogP contribution in [0.5, 0.6) is 5.75 Å². The van der Waals surface area contributed by atoms with E-state index in [0.29, 0.717) is 30.2 Å². The van der Waals surface area contributed by atoms with Gasteiger partial charge in [0.15, 0.2) is 5.76 Å². The molecule has 1 aromatic heterocycles. The Morgan fingerprint density at radius 2 is 1.88 bits per heavy atom. The molecule has 0 aliphatic carbocycles. The van der Waals surface area contributed by atoms with E-state index in [1.807, 2.05) is 13.8 Å². The summed E-state index contributed by atoms with van der Waals surface area (Å²) in [6, 6.07) is 7.83. The number of carbonyl (C=O) groups is 2. The van der Waals surface area contributed by atoms with Gasteiger partial charge in [-0.2, -0.15) is 0 Å². The van der Waals surface area contributed by atoms with Crippen LogP contribution in [0, 0.1) is 25.6 Å². The van der Waals surface area contributed by atoms with E-state index in [1.165, 1.54) is 21.9 Å². The molecule has 268 valence electrons. The van der Waals surface area contributed by atoms with E-state index in [2.05, 4.69) is 15.2 Å². The number of aliphatic hydroxyl groups is 1. The molecule has 4 rings (SSSR count). The van der Waals surface area contributed by atoms with Crippen molar-refractivity contribution in [2.24, 2.45) is 5.92 Å². The molecule has 1 aliphatic heterocycles. The van der Waals surface area contributed by atoms with E-state index >= 15 is 0 Å². The zero-order valence-corrected chi connectivity index (χ0v) is 29.5. The molecule has 0 radical (unpaired) electrons. The van der Waals surface area contributed by atoms with Crippen LogP contribution in [0.1, 0.15) is 61.8 Å². The van der Waals surface area contributed by atoms with Crippen LogP contribution in [-0.2, 0) is 14.8 Å². The number of aliphatic hydroxyl groups excluding tert-OH is 1. The molecule has 2 aromatic carbocycles. The summed E-state index contributed by atoms with van der Waals surface area (Å²) in [5, 5.41) is 16.9. The topological polar surface area (TPSA) is 164 Å². The Morgan fingerprint density at radius 1 is 1.16 bits per heavy atom. The summed E-state index contributed by atoms with van der Waals surface area (Å²) in [4.78, 5) is 30.4. The Hall–Kier alpha value is -4.21. The van der Waals surface area contributed by atoms with Crippen LogP contribution in [0.25, 0.3) is 0 Å². The quantitative estimate of drug-likeness (QED) is 0.287. The fourth-order valence-corrected chi connectivity index (χ4v) is 6.54. The Kier molecular flexibility index (Phi) is 12.6. The number of amides is 3. The molecule has 1 aliphatic rings. The summed E-state index contributed by atoms with van der Waals surface area (Å²) >= 11 is 0. The number of aryl methyl sites for hydroxylation is 2. The van der Waals surface area contributed by atoms with Crippen LogP contribution in [0.3, 0.4) is 0 Å². The SMILES string of the molecule is Cc1noc(C)c1NC(=O)N(C)C[C@H]1OCCCC[C@@H](C)Oc2ccc(NS(=O)(=O)c3ccc(F)cc3)cc2C(=O)N([C@H](C)CO)C[C@H]1C. The van der Waals surface area contributed by atoms with Gasteiger partial charge in [0.1, 0.15) is 22.9 Å². The third-order valence-electron chi connectivity index (χ3n) is 8.49. The molecule has 3 aromatic rings. The van der Waals surface area contributed by atoms with E-state index in [1.54, 1.807) is 33.9 Å². The van der Waals surface area contributed by atoms with Crippen molar-refractivity contribution >= 4 is 33.3 Å². The molecule has 2 heterocycles. The van der Waals surface area contributed by atoms with E-state index in [0.717, 1.165) is 37.1 Å². The lowest BCUT2D eigenvalue weighted by molar-refractivity contribution is -0.0115. The maximum absolute atomic E-state index is 14.3. The van der Waals surface area contributed by atoms with Gasteiger partial charge in [-0.15, -0.1) is 0 Å². The number of rotatable bonds is 8. The second kappa shape index (κ2) is 16.5. The van der Waals surface area contributed by atoms with Gasteiger partial charge >= 0.3 is 6.03 Å². The van der Waals surface area contributed by atoms with Crippen molar-refractivity contribution in [3.8, 4) is 5.75 Å². The normalized spacial score (nSPS) is 20.0. The summed E-state index contributed by atoms with van der Waals surface area (Å²) in [5.41, 5.74) is 1.26. The minimum Gasteiger partial charge on any atom is -0.490 e. The van der Waals surface area contributed by atoms with Crippen LogP contribution in [0.15, 0.2) is 51.9 Å². The van der Waals surface area contributed by atoms with Gasteiger partial charge in [-0.3, -0.25) is 9.52 Å². The molecule has 15 heteroatoms. The molecule has 0 unspecified atom stereocenters. The Morgan fingerprint density at radius 3 is 2.53 bits per heavy atom. The number of anilines is 2. The monoisotopic (exact) mass is 703 g/mol. The lowest BCUT2D eigenvalue weighted by Gasteiger charge is -2.35. The van der Waals surface area contributed by atoms with Gasteiger partial charge in [0.2, 0.25) is 0 Å². The Labute approximate surface area is 286 Å². The number of nitrogens with zero attached hydrogens (tertiary/aromatic N) is 3. The highest BCUT2D eigenvalue weighted by Gasteiger charge is 2.31. The van der Waals surface area contributed by atoms with Crippen molar-refractivity contribution in [1.82, 2.24) is 15.0 Å². The van der Waals surface area contributed by atoms with E-state index < -0.39 is 33.9 Å². The molecule has 3 N–H and O–H groups in total. The minimum absolute atomic E-state index is 0.101. The number of hydrogen-bond acceptors (Lipinski definition) is 9. The first-order valence-corrected chi connectivity index (χ1v) is 17.8. The fraction of sp³-hybridized carbons (Fsp3) is 0.500. The van der Waals surface area contributed by atoms with Crippen molar-refractivity contribution in [2.75, 3.05) is 43.4 Å². The smallest absolute Gasteiger partial charge is 0.321 e. The Bertz CT molecular complexity index is 1680. The lowest BCUT2D eigenvalue weighted by Crippen LogP contribution is -2.48. The largest absolute Gasteiger partial charge is 0.490 e. The molecule has 0 saturated carbocycles. The first-order chi connectivity index (χ1) is 23.2. The predicted octanol–water partition coefficient (Wildman–Crippen LogP) is 5.19. The van der Waals surface area contributed by atoms with E-state index in [9.17, 15) is 27.5 Å². The third-order valence-corrected chi connectivity index (χ3v) is 9.89. The van der Waals surface area contributed by atoms with Crippen molar-refractivity contribution in [3.63, 3.8) is 0 Å². The number of ether oxygens (including phenoxy) is 2. The lowest BCUT2D eigenvalue weighted by atomic mass is 10.0. The molecule has 0 bridgehead atoms. The number of carbonyl (C=O) groups excluding carboxylic acids is 2. The highest BCUT2D eigenvalue weighted by Crippen LogP contribution is 2.30. The van der Waals surface area contributed by atoms with Gasteiger partial charge in [-0.25, -0.2) is 17.6 Å². The van der Waals surface area contributed by atoms with Crippen LogP contribution < -0.4 is 14.8 Å². The number of likely N-dealkylation sites (N-methyl/N-ethyl adjacent to an activating group) is 1. The molecular formula is C34H46FN5O8S. The number of aromatic nitrogens is 1. The summed E-state index contributed by atoms with van der Waals surface area (Å²) in [7, 11) is -2.46. The molecule has 0 fully saturated rings. The van der Waals surface area contributed by atoms with Crippen molar-refractivity contribution in [1.29, 1.82) is 0 Å². The number of urea groups is 1. The number of nitrogens with one attached hydrogen (secondary N) is 2. The Balaban J connectivity index is 1.63. The summed E-state index contributed by atoms with van der Waals surface area (Å²) in [5.74, 6) is -0.615. The van der Waals surface area contributed by atoms with Crippen LogP contribution in [0.2, 0.25) is 0 Å². The molecular weight excluding hydrogens is 657 g/mol. The number of fused-ring (bicyclic) bond motifs is 1. The highest BCUT2D eigenvalue weighted by atomic mass is 32.2. The van der Waals surface area contributed by atoms with Crippen LogP contribution in [-0.4, -0.2) is 92.0 Å². The minimum atomic E-state index is -4.11. The number of halogens is 1. The van der Waals surface area contributed by atoms with Gasteiger partial charge in [0.25, 0.3) is 15.9 Å². The van der Waals surface area contributed by atoms with E-state index in [-0.39, 0.29) is 59.6 Å². The molecule has 4 atom stereocenters. The zero-order chi connectivity index (χ0) is 35.9. The standard InChI is InChI=1S/C34H46FN5O8S/c1-21-18-40(22(2)20-41)33(42)29-17-27(38-49(44,45)28-13-10-26(35)11-14-28)12-15-30(29)47-23(3)9-7-8-16-46-31(21)19-39(6)34(43)36-32-24(4)37-48-25(32)5/h10-15,17,21-23,31,38,41H,7-9,16,18-20H2,1-6H3,(H,36,43)/t21-,22-,23-,31-/m1/s1. The maximum atomic E-state index is 14.3. The van der Waals surface area contributed by atoms with Crippen molar-refractivity contribution < 1.29 is 41.5 Å². The van der Waals surface area contributed by atoms with Crippen molar-refractivity contribution in [2.45, 2.75) is 77.0 Å². The molecule has 3 amide bonds. The van der Waals surface area contributed by atoms with E-state index in [4.69, 9.17) is 14.0 Å². The van der Waals surface area contributed by atoms with Gasteiger partial charge < -0.3 is 34.2 Å². The number of benzene rings is 2. The second-order valence-electron chi connectivity index (χ2n) is 12.6. The van der Waals surface area contributed by atoms with Gasteiger partial charge in [-0.1, -0.05) is 12.1 Å². The summed E-state index contributed by atoms with van der Waals surface area (Å²) < 4.78 is 59.8.